The van der Waals surface area contributed by atoms with Crippen molar-refractivity contribution in [3.8, 4) is 0 Å². The highest BCUT2D eigenvalue weighted by Gasteiger charge is 2.04. The second-order valence-corrected chi connectivity index (χ2v) is 4.04. The monoisotopic (exact) mass is 184 g/mol. The highest BCUT2D eigenvalue weighted by atomic mass is 32.1. The highest BCUT2D eigenvalue weighted by Crippen LogP contribution is 2.17. The molecule has 0 amide bonds. The molecule has 1 rings (SSSR count). The first-order valence-electron chi connectivity index (χ1n) is 4.39. The summed E-state index contributed by atoms with van der Waals surface area (Å²) in [6.07, 6.45) is 0. The topological polar surface area (TPSA) is 24.9 Å². The molecular weight excluding hydrogens is 168 g/mol. The van der Waals surface area contributed by atoms with Crippen LogP contribution in [0.3, 0.4) is 0 Å². The molecule has 0 unspecified atom stereocenters. The van der Waals surface area contributed by atoms with E-state index in [2.05, 4.69) is 36.5 Å². The third-order valence-corrected chi connectivity index (χ3v) is 2.55. The molecule has 0 saturated carbocycles. The van der Waals surface area contributed by atoms with Crippen LogP contribution in [-0.4, -0.2) is 11.5 Å². The van der Waals surface area contributed by atoms with Crippen LogP contribution in [0, 0.1) is 0 Å². The first-order chi connectivity index (χ1) is 5.74. The molecule has 0 bridgehead atoms. The maximum atomic E-state index is 4.50. The standard InChI is InChI=1S/C9H16N2S/c1-4-10-5-9-11-8(6-12-9)7(2)3/h6-7,10H,4-5H2,1-3H3. The average Bonchev–Trinajstić information content (AvgIpc) is 2.48. The van der Waals surface area contributed by atoms with Crippen LogP contribution in [0.25, 0.3) is 0 Å². The Bertz CT molecular complexity index is 230. The molecule has 3 heteroatoms. The van der Waals surface area contributed by atoms with Gasteiger partial charge in [-0.25, -0.2) is 4.98 Å². The van der Waals surface area contributed by atoms with Gasteiger partial charge in [-0.2, -0.15) is 0 Å². The molecule has 0 aliphatic heterocycles. The molecule has 0 aromatic carbocycles. The van der Waals surface area contributed by atoms with Gasteiger partial charge in [-0.05, 0) is 12.5 Å². The minimum absolute atomic E-state index is 0.552. The Morgan fingerprint density at radius 1 is 1.58 bits per heavy atom. The van der Waals surface area contributed by atoms with Crippen molar-refractivity contribution in [1.29, 1.82) is 0 Å². The average molecular weight is 184 g/mol. The second kappa shape index (κ2) is 4.58. The summed E-state index contributed by atoms with van der Waals surface area (Å²) >= 11 is 1.74. The summed E-state index contributed by atoms with van der Waals surface area (Å²) in [5.41, 5.74) is 1.22. The first-order valence-corrected chi connectivity index (χ1v) is 5.27. The summed E-state index contributed by atoms with van der Waals surface area (Å²) in [4.78, 5) is 4.50. The third kappa shape index (κ3) is 2.57. The minimum atomic E-state index is 0.552. The number of nitrogens with zero attached hydrogens (tertiary/aromatic N) is 1. The van der Waals surface area contributed by atoms with E-state index in [4.69, 9.17) is 0 Å². The van der Waals surface area contributed by atoms with Crippen molar-refractivity contribution in [1.82, 2.24) is 10.3 Å². The van der Waals surface area contributed by atoms with E-state index in [-0.39, 0.29) is 0 Å². The van der Waals surface area contributed by atoms with Gasteiger partial charge >= 0.3 is 0 Å². The van der Waals surface area contributed by atoms with Gasteiger partial charge in [-0.1, -0.05) is 20.8 Å². The summed E-state index contributed by atoms with van der Waals surface area (Å²) in [5, 5.41) is 6.61. The van der Waals surface area contributed by atoms with E-state index in [9.17, 15) is 0 Å². The Morgan fingerprint density at radius 3 is 2.83 bits per heavy atom. The minimum Gasteiger partial charge on any atom is -0.311 e. The van der Waals surface area contributed by atoms with Gasteiger partial charge in [0.25, 0.3) is 0 Å². The molecule has 0 aliphatic rings. The molecule has 2 nitrogen and oxygen atoms in total. The van der Waals surface area contributed by atoms with Crippen molar-refractivity contribution >= 4 is 11.3 Å². The van der Waals surface area contributed by atoms with Crippen LogP contribution in [0.15, 0.2) is 5.38 Å². The van der Waals surface area contributed by atoms with Gasteiger partial charge < -0.3 is 5.32 Å². The van der Waals surface area contributed by atoms with E-state index in [0.29, 0.717) is 5.92 Å². The van der Waals surface area contributed by atoms with E-state index in [1.165, 1.54) is 10.7 Å². The van der Waals surface area contributed by atoms with Crippen molar-refractivity contribution in [3.63, 3.8) is 0 Å². The fraction of sp³-hybridized carbons (Fsp3) is 0.667. The summed E-state index contributed by atoms with van der Waals surface area (Å²) in [6.45, 7) is 8.37. The molecule has 1 aromatic rings. The number of hydrogen-bond acceptors (Lipinski definition) is 3. The number of hydrogen-bond donors (Lipinski definition) is 1. The first kappa shape index (κ1) is 9.68. The zero-order valence-electron chi connectivity index (χ0n) is 7.92. The zero-order chi connectivity index (χ0) is 8.97. The molecule has 1 heterocycles. The van der Waals surface area contributed by atoms with Crippen molar-refractivity contribution < 1.29 is 0 Å². The van der Waals surface area contributed by atoms with E-state index < -0.39 is 0 Å². The van der Waals surface area contributed by atoms with Gasteiger partial charge in [0.1, 0.15) is 5.01 Å². The smallest absolute Gasteiger partial charge is 0.107 e. The van der Waals surface area contributed by atoms with Gasteiger partial charge in [-0.15, -0.1) is 11.3 Å². The summed E-state index contributed by atoms with van der Waals surface area (Å²) in [6, 6.07) is 0. The lowest BCUT2D eigenvalue weighted by Crippen LogP contribution is -2.11. The van der Waals surface area contributed by atoms with E-state index in [1.807, 2.05) is 0 Å². The van der Waals surface area contributed by atoms with Gasteiger partial charge in [0, 0.05) is 11.9 Å². The SMILES string of the molecule is CCNCc1nc(C(C)C)cs1. The van der Waals surface area contributed by atoms with Crippen LogP contribution >= 0.6 is 11.3 Å². The zero-order valence-corrected chi connectivity index (χ0v) is 8.74. The molecule has 0 fully saturated rings. The Balaban J connectivity index is 2.52. The molecule has 1 aromatic heterocycles. The van der Waals surface area contributed by atoms with Crippen molar-refractivity contribution in [3.05, 3.63) is 16.1 Å². The molecule has 68 valence electrons. The summed E-state index contributed by atoms with van der Waals surface area (Å²) in [5.74, 6) is 0.552. The van der Waals surface area contributed by atoms with Crippen LogP contribution in [0.2, 0.25) is 0 Å². The molecule has 0 spiro atoms. The lowest BCUT2D eigenvalue weighted by Gasteiger charge is -1.98. The van der Waals surface area contributed by atoms with Crippen LogP contribution in [-0.2, 0) is 6.54 Å². The van der Waals surface area contributed by atoms with E-state index >= 15 is 0 Å². The number of thiazole rings is 1. The van der Waals surface area contributed by atoms with Gasteiger partial charge in [0.2, 0.25) is 0 Å². The summed E-state index contributed by atoms with van der Waals surface area (Å²) in [7, 11) is 0. The summed E-state index contributed by atoms with van der Waals surface area (Å²) < 4.78 is 0. The van der Waals surface area contributed by atoms with Crippen LogP contribution in [0.4, 0.5) is 0 Å². The number of rotatable bonds is 4. The van der Waals surface area contributed by atoms with Crippen molar-refractivity contribution in [2.45, 2.75) is 33.2 Å². The van der Waals surface area contributed by atoms with E-state index in [0.717, 1.165) is 13.1 Å². The predicted molar refractivity (Wildman–Crippen MR) is 53.6 cm³/mol. The fourth-order valence-corrected chi connectivity index (χ4v) is 1.83. The highest BCUT2D eigenvalue weighted by molar-refractivity contribution is 7.09. The van der Waals surface area contributed by atoms with Crippen LogP contribution < -0.4 is 5.32 Å². The predicted octanol–water partition coefficient (Wildman–Crippen LogP) is 2.38. The molecule has 0 atom stereocenters. The Morgan fingerprint density at radius 2 is 2.33 bits per heavy atom. The van der Waals surface area contributed by atoms with Crippen molar-refractivity contribution in [2.24, 2.45) is 0 Å². The Labute approximate surface area is 78.0 Å². The molecule has 12 heavy (non-hydrogen) atoms. The van der Waals surface area contributed by atoms with Crippen molar-refractivity contribution in [2.75, 3.05) is 6.54 Å². The van der Waals surface area contributed by atoms with E-state index in [1.54, 1.807) is 11.3 Å². The second-order valence-electron chi connectivity index (χ2n) is 3.10. The van der Waals surface area contributed by atoms with Crippen LogP contribution in [0.1, 0.15) is 37.4 Å². The Kier molecular flexibility index (Phi) is 3.69. The molecular formula is C9H16N2S. The Hall–Kier alpha value is -0.410. The van der Waals surface area contributed by atoms with Gasteiger partial charge in [-0.3, -0.25) is 0 Å². The van der Waals surface area contributed by atoms with Gasteiger partial charge in [0.05, 0.1) is 5.69 Å². The lowest BCUT2D eigenvalue weighted by molar-refractivity contribution is 0.714. The molecule has 0 radical (unpaired) electrons. The fourth-order valence-electron chi connectivity index (χ4n) is 0.903. The maximum Gasteiger partial charge on any atom is 0.107 e. The quantitative estimate of drug-likeness (QED) is 0.777. The largest absolute Gasteiger partial charge is 0.311 e. The van der Waals surface area contributed by atoms with Crippen LogP contribution in [0.5, 0.6) is 0 Å². The maximum absolute atomic E-state index is 4.50. The lowest BCUT2D eigenvalue weighted by atomic mass is 10.2. The molecule has 0 aliphatic carbocycles. The van der Waals surface area contributed by atoms with Gasteiger partial charge in [0.15, 0.2) is 0 Å². The molecule has 1 N–H and O–H groups in total. The molecule has 0 saturated heterocycles. The number of aromatic nitrogens is 1. The normalized spacial score (nSPS) is 11.0. The number of nitrogens with one attached hydrogen (secondary N) is 1. The third-order valence-electron chi connectivity index (χ3n) is 1.69.